The summed E-state index contributed by atoms with van der Waals surface area (Å²) < 4.78 is 64.9. The molecular formula is C25H21F4N5O2. The number of benzene rings is 2. The minimum atomic E-state index is -1.97. The molecule has 36 heavy (non-hydrogen) atoms. The van der Waals surface area contributed by atoms with Crippen molar-refractivity contribution in [1.29, 1.82) is 0 Å². The number of ether oxygens (including phenoxy) is 1. The first kappa shape index (κ1) is 23.7. The van der Waals surface area contributed by atoms with Gasteiger partial charge in [0.2, 0.25) is 5.82 Å². The molecule has 0 saturated heterocycles. The molecule has 2 aromatic carbocycles. The molecule has 2 aromatic heterocycles. The zero-order chi connectivity index (χ0) is 25.6. The zero-order valence-electron chi connectivity index (χ0n) is 19.3. The predicted octanol–water partition coefficient (Wildman–Crippen LogP) is 4.70. The van der Waals surface area contributed by atoms with Crippen molar-refractivity contribution in [3.63, 3.8) is 0 Å². The van der Waals surface area contributed by atoms with Crippen LogP contribution in [0.2, 0.25) is 0 Å². The molecule has 0 saturated carbocycles. The maximum atomic E-state index is 15.2. The van der Waals surface area contributed by atoms with Crippen molar-refractivity contribution < 1.29 is 27.4 Å². The molecule has 1 aliphatic heterocycles. The van der Waals surface area contributed by atoms with Crippen LogP contribution in [0.4, 0.5) is 17.6 Å². The van der Waals surface area contributed by atoms with E-state index in [2.05, 4.69) is 15.1 Å². The van der Waals surface area contributed by atoms with Gasteiger partial charge in [-0.15, -0.1) is 5.10 Å². The molecule has 0 fully saturated rings. The zero-order valence-corrected chi connectivity index (χ0v) is 19.3. The molecule has 5 rings (SSSR count). The minimum absolute atomic E-state index is 0.0490. The third-order valence-electron chi connectivity index (χ3n) is 6.11. The summed E-state index contributed by atoms with van der Waals surface area (Å²) in [6.45, 7) is 2.17. The monoisotopic (exact) mass is 499 g/mol. The van der Waals surface area contributed by atoms with Crippen LogP contribution in [-0.2, 0) is 12.1 Å². The number of rotatable bonds is 5. The van der Waals surface area contributed by atoms with Gasteiger partial charge in [-0.2, -0.15) is 0 Å². The standard InChI is InChI=1S/C25H21F4N5O2/c1-14-12-33(13-30-14)20-5-4-15(9-21(20)36-2)8-19(28)23-31-24-25(35,6-3-7-34(24)32-23)16-10-17(26)22(29)18(27)11-16/h4-5,8-13,35H,3,6-7H2,1-2H3/t25-/m1/s1. The molecule has 0 bridgehead atoms. The second kappa shape index (κ2) is 8.90. The third-order valence-corrected chi connectivity index (χ3v) is 6.11. The van der Waals surface area contributed by atoms with Crippen LogP contribution in [0, 0.1) is 24.4 Å². The number of halogens is 4. The van der Waals surface area contributed by atoms with Crippen LogP contribution in [0.3, 0.4) is 0 Å². The van der Waals surface area contributed by atoms with Gasteiger partial charge in [-0.3, -0.25) is 0 Å². The Labute approximate surface area is 203 Å². The number of methoxy groups -OCH3 is 1. The van der Waals surface area contributed by atoms with Gasteiger partial charge in [0, 0.05) is 12.7 Å². The predicted molar refractivity (Wildman–Crippen MR) is 122 cm³/mol. The second-order valence-corrected chi connectivity index (χ2v) is 8.55. The SMILES string of the molecule is COc1cc(C=C(F)c2nc3n(n2)CCC[C@@]3(O)c2cc(F)c(F)c(F)c2)ccc1-n1cnc(C)c1. The number of aliphatic hydroxyl groups is 1. The quantitative estimate of drug-likeness (QED) is 0.318. The smallest absolute Gasteiger partial charge is 0.210 e. The molecular weight excluding hydrogens is 478 g/mol. The van der Waals surface area contributed by atoms with Crippen molar-refractivity contribution >= 4 is 11.9 Å². The Bertz CT molecular complexity index is 1470. The highest BCUT2D eigenvalue weighted by atomic mass is 19.2. The summed E-state index contributed by atoms with van der Waals surface area (Å²) in [5.74, 6) is -5.21. The fourth-order valence-corrected chi connectivity index (χ4v) is 4.33. The Kier molecular flexibility index (Phi) is 5.87. The van der Waals surface area contributed by atoms with Crippen LogP contribution < -0.4 is 4.74 Å². The Hall–Kier alpha value is -3.99. The lowest BCUT2D eigenvalue weighted by molar-refractivity contribution is 0.0387. The van der Waals surface area contributed by atoms with Gasteiger partial charge in [-0.1, -0.05) is 6.07 Å². The average molecular weight is 499 g/mol. The molecule has 0 spiro atoms. The maximum Gasteiger partial charge on any atom is 0.210 e. The number of aromatic nitrogens is 5. The Morgan fingerprint density at radius 2 is 1.92 bits per heavy atom. The van der Waals surface area contributed by atoms with E-state index in [0.717, 1.165) is 11.4 Å². The molecule has 1 N–H and O–H groups in total. The average Bonchev–Trinajstić information content (AvgIpc) is 3.49. The lowest BCUT2D eigenvalue weighted by Crippen LogP contribution is -2.36. The van der Waals surface area contributed by atoms with E-state index in [1.807, 2.05) is 13.1 Å². The van der Waals surface area contributed by atoms with Crippen LogP contribution in [0.5, 0.6) is 5.75 Å². The molecule has 0 unspecified atom stereocenters. The molecule has 7 nitrogen and oxygen atoms in total. The lowest BCUT2D eigenvalue weighted by Gasteiger charge is -2.31. The first-order valence-electron chi connectivity index (χ1n) is 11.1. The van der Waals surface area contributed by atoms with E-state index in [1.165, 1.54) is 17.9 Å². The van der Waals surface area contributed by atoms with Crippen LogP contribution in [0.25, 0.3) is 17.6 Å². The Morgan fingerprint density at radius 3 is 2.58 bits per heavy atom. The highest BCUT2D eigenvalue weighted by Gasteiger charge is 2.41. The molecule has 11 heteroatoms. The van der Waals surface area contributed by atoms with E-state index >= 15 is 4.39 Å². The summed E-state index contributed by atoms with van der Waals surface area (Å²) in [5.41, 5.74) is -0.176. The highest BCUT2D eigenvalue weighted by molar-refractivity contribution is 5.75. The Morgan fingerprint density at radius 1 is 1.17 bits per heavy atom. The first-order chi connectivity index (χ1) is 17.2. The molecule has 186 valence electrons. The van der Waals surface area contributed by atoms with Crippen LogP contribution in [0.15, 0.2) is 42.9 Å². The highest BCUT2D eigenvalue weighted by Crippen LogP contribution is 2.38. The van der Waals surface area contributed by atoms with Crippen molar-refractivity contribution in [2.45, 2.75) is 31.9 Å². The summed E-state index contributed by atoms with van der Waals surface area (Å²) in [4.78, 5) is 8.34. The number of imidazole rings is 1. The molecule has 0 radical (unpaired) electrons. The van der Waals surface area contributed by atoms with Crippen molar-refractivity contribution in [3.8, 4) is 11.4 Å². The van der Waals surface area contributed by atoms with E-state index < -0.39 is 28.9 Å². The van der Waals surface area contributed by atoms with Gasteiger partial charge in [0.1, 0.15) is 11.4 Å². The van der Waals surface area contributed by atoms with E-state index in [1.54, 1.807) is 29.1 Å². The third kappa shape index (κ3) is 4.05. The van der Waals surface area contributed by atoms with Gasteiger partial charge >= 0.3 is 0 Å². The number of fused-ring (bicyclic) bond motifs is 1. The van der Waals surface area contributed by atoms with Crippen LogP contribution in [0.1, 0.15) is 41.3 Å². The molecule has 0 aliphatic carbocycles. The molecule has 1 aliphatic rings. The van der Waals surface area contributed by atoms with Gasteiger partial charge in [0.15, 0.2) is 29.1 Å². The molecule has 4 aromatic rings. The van der Waals surface area contributed by atoms with E-state index in [-0.39, 0.29) is 23.6 Å². The summed E-state index contributed by atoms with van der Waals surface area (Å²) in [7, 11) is 1.50. The fraction of sp³-hybridized carbons (Fsp3) is 0.240. The van der Waals surface area contributed by atoms with Crippen molar-refractivity contribution in [1.82, 2.24) is 24.3 Å². The van der Waals surface area contributed by atoms with E-state index in [0.29, 0.717) is 36.4 Å². The van der Waals surface area contributed by atoms with Crippen LogP contribution in [-0.4, -0.2) is 36.5 Å². The number of aryl methyl sites for hydroxylation is 2. The topological polar surface area (TPSA) is 78.0 Å². The largest absolute Gasteiger partial charge is 0.495 e. The number of hydrogen-bond acceptors (Lipinski definition) is 5. The van der Waals surface area contributed by atoms with Gasteiger partial charge in [-0.25, -0.2) is 32.2 Å². The first-order valence-corrected chi connectivity index (χ1v) is 11.1. The van der Waals surface area contributed by atoms with Crippen LogP contribution >= 0.6 is 0 Å². The van der Waals surface area contributed by atoms with Gasteiger partial charge in [0.05, 0.1) is 24.8 Å². The molecule has 1 atom stereocenters. The van der Waals surface area contributed by atoms with Gasteiger partial charge in [-0.05, 0) is 61.2 Å². The van der Waals surface area contributed by atoms with Gasteiger partial charge < -0.3 is 14.4 Å². The van der Waals surface area contributed by atoms with Crippen molar-refractivity contribution in [3.05, 3.63) is 88.8 Å². The molecule has 3 heterocycles. The lowest BCUT2D eigenvalue weighted by atomic mass is 9.86. The summed E-state index contributed by atoms with van der Waals surface area (Å²) >= 11 is 0. The fourth-order valence-electron chi connectivity index (χ4n) is 4.33. The van der Waals surface area contributed by atoms with Gasteiger partial charge in [0.25, 0.3) is 0 Å². The van der Waals surface area contributed by atoms with E-state index in [9.17, 15) is 18.3 Å². The number of nitrogens with zero attached hydrogens (tertiary/aromatic N) is 5. The van der Waals surface area contributed by atoms with E-state index in [4.69, 9.17) is 4.74 Å². The second-order valence-electron chi connectivity index (χ2n) is 8.55. The summed E-state index contributed by atoms with van der Waals surface area (Å²) in [6.07, 6.45) is 5.11. The normalized spacial score (nSPS) is 17.8. The summed E-state index contributed by atoms with van der Waals surface area (Å²) in [6, 6.07) is 6.50. The number of hydrogen-bond donors (Lipinski definition) is 1. The maximum absolute atomic E-state index is 15.2. The van der Waals surface area contributed by atoms with Crippen molar-refractivity contribution in [2.24, 2.45) is 0 Å². The summed E-state index contributed by atoms with van der Waals surface area (Å²) in [5, 5.41) is 15.4. The minimum Gasteiger partial charge on any atom is -0.495 e. The van der Waals surface area contributed by atoms with Crippen molar-refractivity contribution in [2.75, 3.05) is 7.11 Å². The molecule has 0 amide bonds. The Balaban J connectivity index is 1.50.